The molecule has 1 spiro atoms. The molecule has 1 unspecified atom stereocenters. The molecule has 0 bridgehead atoms. The second-order valence-electron chi connectivity index (χ2n) is 8.65. The third-order valence-electron chi connectivity index (χ3n) is 6.49. The van der Waals surface area contributed by atoms with Crippen LogP contribution in [-0.2, 0) is 16.6 Å². The molecular weight excluding hydrogens is 428 g/mol. The molecule has 0 amide bonds. The van der Waals surface area contributed by atoms with Crippen LogP contribution in [0.1, 0.15) is 50.1 Å². The van der Waals surface area contributed by atoms with E-state index in [0.717, 1.165) is 66.8 Å². The Bertz CT molecular complexity index is 923. The van der Waals surface area contributed by atoms with Crippen molar-refractivity contribution >= 4 is 17.3 Å². The lowest BCUT2D eigenvalue weighted by Gasteiger charge is -2.40. The fraction of sp³-hybridized carbons (Fsp3) is 0.583. The van der Waals surface area contributed by atoms with Crippen LogP contribution in [0.3, 0.4) is 0 Å². The number of nitrogens with zero attached hydrogens (tertiary/aromatic N) is 2. The van der Waals surface area contributed by atoms with Crippen molar-refractivity contribution in [3.8, 4) is 16.6 Å². The maximum absolute atomic E-state index is 11.3. The normalized spacial score (nSPS) is 18.2. The van der Waals surface area contributed by atoms with Gasteiger partial charge in [-0.3, -0.25) is 9.69 Å². The number of hydrogen-bond donors (Lipinski definition) is 1. The van der Waals surface area contributed by atoms with Crippen LogP contribution in [0.4, 0.5) is 0 Å². The molecule has 2 aromatic rings. The van der Waals surface area contributed by atoms with E-state index in [1.807, 2.05) is 17.0 Å². The molecule has 0 aliphatic carbocycles. The summed E-state index contributed by atoms with van der Waals surface area (Å²) in [5.74, 6) is 0.942. The fourth-order valence-corrected chi connectivity index (χ4v) is 5.36. The maximum atomic E-state index is 11.3. The third-order valence-corrected chi connectivity index (χ3v) is 7.46. The Labute approximate surface area is 193 Å². The number of carboxylic acid groups (broad SMARTS) is 1. The van der Waals surface area contributed by atoms with E-state index < -0.39 is 12.0 Å². The molecule has 8 heteroatoms. The molecule has 0 saturated carbocycles. The number of aryl methyl sites for hydroxylation is 1. The summed E-state index contributed by atoms with van der Waals surface area (Å²) in [7, 11) is 0. The number of aliphatic carboxylic acids is 1. The molecule has 7 nitrogen and oxygen atoms in total. The largest absolute Gasteiger partial charge is 0.493 e. The summed E-state index contributed by atoms with van der Waals surface area (Å²) in [6.07, 6.45) is 6.50. The van der Waals surface area contributed by atoms with Gasteiger partial charge in [0.15, 0.2) is 5.06 Å². The minimum absolute atomic E-state index is 0.0121. The topological polar surface area (TPSA) is 81.1 Å². The van der Waals surface area contributed by atoms with Gasteiger partial charge in [0.05, 0.1) is 31.0 Å². The van der Waals surface area contributed by atoms with E-state index in [1.165, 1.54) is 5.56 Å². The van der Waals surface area contributed by atoms with Crippen LogP contribution in [0.2, 0.25) is 0 Å². The number of thiazole rings is 1. The van der Waals surface area contributed by atoms with E-state index in [9.17, 15) is 9.90 Å². The van der Waals surface area contributed by atoms with Gasteiger partial charge in [-0.15, -0.1) is 0 Å². The first-order chi connectivity index (χ1) is 15.5. The molecule has 1 atom stereocenters. The number of ether oxygens (including phenoxy) is 3. The first-order valence-corrected chi connectivity index (χ1v) is 12.3. The quantitative estimate of drug-likeness (QED) is 0.534. The van der Waals surface area contributed by atoms with Gasteiger partial charge in [0, 0.05) is 23.5 Å². The summed E-state index contributed by atoms with van der Waals surface area (Å²) in [5.41, 5.74) is 1.21. The lowest BCUT2D eigenvalue weighted by Crippen LogP contribution is -2.49. The molecule has 2 aliphatic rings. The monoisotopic (exact) mass is 460 g/mol. The Kier molecular flexibility index (Phi) is 7.20. The Morgan fingerprint density at radius 3 is 2.84 bits per heavy atom. The molecule has 1 aromatic heterocycles. The van der Waals surface area contributed by atoms with Gasteiger partial charge in [0.1, 0.15) is 17.5 Å². The van der Waals surface area contributed by atoms with Crippen molar-refractivity contribution in [3.63, 3.8) is 0 Å². The number of carbonyl (C=O) groups is 1. The van der Waals surface area contributed by atoms with E-state index >= 15 is 0 Å². The zero-order chi connectivity index (χ0) is 22.6. The van der Waals surface area contributed by atoms with Gasteiger partial charge in [0.25, 0.3) is 0 Å². The van der Waals surface area contributed by atoms with E-state index in [1.54, 1.807) is 24.5 Å². The van der Waals surface area contributed by atoms with Gasteiger partial charge in [-0.05, 0) is 51.8 Å². The van der Waals surface area contributed by atoms with E-state index in [-0.39, 0.29) is 5.41 Å². The van der Waals surface area contributed by atoms with Crippen molar-refractivity contribution in [2.24, 2.45) is 0 Å². The number of aromatic nitrogens is 1. The highest BCUT2D eigenvalue weighted by Gasteiger charge is 2.44. The molecule has 4 rings (SSSR count). The molecule has 1 fully saturated rings. The van der Waals surface area contributed by atoms with Crippen LogP contribution < -0.4 is 14.2 Å². The second-order valence-corrected chi connectivity index (χ2v) is 9.73. The highest BCUT2D eigenvalue weighted by Crippen LogP contribution is 2.46. The highest BCUT2D eigenvalue weighted by molar-refractivity contribution is 7.13. The van der Waals surface area contributed by atoms with Crippen LogP contribution in [-0.4, -0.2) is 59.9 Å². The third kappa shape index (κ3) is 5.02. The summed E-state index contributed by atoms with van der Waals surface area (Å²) in [4.78, 5) is 17.7. The number of likely N-dealkylation sites (tertiary alicyclic amines) is 1. The molecule has 0 radical (unpaired) electrons. The average Bonchev–Trinajstić information content (AvgIpc) is 3.38. The standard InChI is InChI=1S/C24H32N2O5S/c1-3-5-21-25-15-22(32-21)30-13-4-12-29-18-6-7-19-20(14-18)31-16-24(19)8-10-26(11-9-24)17(2)23(27)28/h6-7,14-15,17H,3-5,8-13,16H2,1-2H3,(H,27,28). The number of rotatable bonds is 10. The minimum atomic E-state index is -0.760. The molecule has 174 valence electrons. The number of benzene rings is 1. The Balaban J connectivity index is 1.24. The summed E-state index contributed by atoms with van der Waals surface area (Å²) < 4.78 is 17.7. The van der Waals surface area contributed by atoms with Gasteiger partial charge < -0.3 is 19.3 Å². The van der Waals surface area contributed by atoms with E-state index in [4.69, 9.17) is 14.2 Å². The SMILES string of the molecule is CCCc1ncc(OCCCOc2ccc3c(c2)OCC32CCN(C(C)C(=O)O)CC2)s1. The van der Waals surface area contributed by atoms with E-state index in [2.05, 4.69) is 18.0 Å². The molecule has 32 heavy (non-hydrogen) atoms. The second kappa shape index (κ2) is 10.1. The number of piperidine rings is 1. The van der Waals surface area contributed by atoms with Crippen LogP contribution in [0.15, 0.2) is 24.4 Å². The molecule has 3 heterocycles. The zero-order valence-corrected chi connectivity index (χ0v) is 19.7. The Morgan fingerprint density at radius 2 is 2.09 bits per heavy atom. The summed E-state index contributed by atoms with van der Waals surface area (Å²) >= 11 is 1.62. The zero-order valence-electron chi connectivity index (χ0n) is 18.8. The average molecular weight is 461 g/mol. The van der Waals surface area contributed by atoms with Gasteiger partial charge in [-0.25, -0.2) is 4.98 Å². The van der Waals surface area contributed by atoms with Crippen LogP contribution >= 0.6 is 11.3 Å². The lowest BCUT2D eigenvalue weighted by atomic mass is 9.74. The molecule has 1 saturated heterocycles. The van der Waals surface area contributed by atoms with Gasteiger partial charge in [0.2, 0.25) is 0 Å². The lowest BCUT2D eigenvalue weighted by molar-refractivity contribution is -0.143. The maximum Gasteiger partial charge on any atom is 0.320 e. The van der Waals surface area contributed by atoms with Crippen molar-refractivity contribution < 1.29 is 24.1 Å². The minimum Gasteiger partial charge on any atom is -0.493 e. The van der Waals surface area contributed by atoms with Crippen molar-refractivity contribution in [3.05, 3.63) is 35.0 Å². The highest BCUT2D eigenvalue weighted by atomic mass is 32.1. The Morgan fingerprint density at radius 1 is 1.31 bits per heavy atom. The number of fused-ring (bicyclic) bond motifs is 2. The van der Waals surface area contributed by atoms with E-state index in [0.29, 0.717) is 19.8 Å². The first kappa shape index (κ1) is 22.9. The van der Waals surface area contributed by atoms with Crippen molar-refractivity contribution in [1.82, 2.24) is 9.88 Å². The number of hydrogen-bond acceptors (Lipinski definition) is 7. The predicted molar refractivity (Wildman–Crippen MR) is 123 cm³/mol. The molecular formula is C24H32N2O5S. The first-order valence-electron chi connectivity index (χ1n) is 11.5. The van der Waals surface area contributed by atoms with Gasteiger partial charge in [-0.1, -0.05) is 24.3 Å². The van der Waals surface area contributed by atoms with Gasteiger partial charge >= 0.3 is 5.97 Å². The number of carboxylic acids is 1. The Hall–Kier alpha value is -2.32. The smallest absolute Gasteiger partial charge is 0.320 e. The van der Waals surface area contributed by atoms with Crippen molar-refractivity contribution in [2.75, 3.05) is 32.9 Å². The summed E-state index contributed by atoms with van der Waals surface area (Å²) in [6.45, 7) is 7.28. The van der Waals surface area contributed by atoms with Crippen LogP contribution in [0.25, 0.3) is 0 Å². The fourth-order valence-electron chi connectivity index (χ4n) is 4.46. The molecule has 2 aliphatic heterocycles. The van der Waals surface area contributed by atoms with Crippen LogP contribution in [0.5, 0.6) is 16.6 Å². The molecule has 1 aromatic carbocycles. The summed E-state index contributed by atoms with van der Waals surface area (Å²) in [5, 5.41) is 11.3. The van der Waals surface area contributed by atoms with Gasteiger partial charge in [-0.2, -0.15) is 0 Å². The van der Waals surface area contributed by atoms with Crippen molar-refractivity contribution in [1.29, 1.82) is 0 Å². The van der Waals surface area contributed by atoms with Crippen LogP contribution in [0, 0.1) is 0 Å². The van der Waals surface area contributed by atoms with Crippen molar-refractivity contribution in [2.45, 2.75) is 57.4 Å². The predicted octanol–water partition coefficient (Wildman–Crippen LogP) is 4.14. The summed E-state index contributed by atoms with van der Waals surface area (Å²) in [6, 6.07) is 5.68. The molecule has 1 N–H and O–H groups in total.